The maximum absolute atomic E-state index is 12.1. The number of hydrogen-bond acceptors (Lipinski definition) is 3. The molecule has 1 unspecified atom stereocenters. The number of nitrogens with zero attached hydrogens (tertiary/aromatic N) is 1. The summed E-state index contributed by atoms with van der Waals surface area (Å²) in [4.78, 5) is 19.1. The van der Waals surface area contributed by atoms with Gasteiger partial charge in [0.15, 0.2) is 0 Å². The van der Waals surface area contributed by atoms with Crippen molar-refractivity contribution in [1.82, 2.24) is 9.97 Å². The van der Waals surface area contributed by atoms with E-state index in [2.05, 4.69) is 31.2 Å². The van der Waals surface area contributed by atoms with Crippen molar-refractivity contribution in [3.63, 3.8) is 0 Å². The molecule has 0 radical (unpaired) electrons. The van der Waals surface area contributed by atoms with Crippen LogP contribution in [-0.4, -0.2) is 9.97 Å². The highest BCUT2D eigenvalue weighted by atomic mass is 79.9. The van der Waals surface area contributed by atoms with Crippen molar-refractivity contribution in [3.8, 4) is 0 Å². The van der Waals surface area contributed by atoms with Gasteiger partial charge in [-0.3, -0.25) is 4.79 Å². The Hall–Kier alpha value is -1.04. The fourth-order valence-electron chi connectivity index (χ4n) is 2.21. The van der Waals surface area contributed by atoms with Crippen LogP contribution in [0.15, 0.2) is 21.4 Å². The molecule has 0 amide bonds. The molecule has 4 nitrogen and oxygen atoms in total. The average molecular weight is 391 g/mol. The Bertz CT molecular complexity index is 722. The van der Waals surface area contributed by atoms with E-state index in [0.29, 0.717) is 32.8 Å². The van der Waals surface area contributed by atoms with Gasteiger partial charge < -0.3 is 10.3 Å². The Morgan fingerprint density at radius 3 is 2.38 bits per heavy atom. The lowest BCUT2D eigenvalue weighted by molar-refractivity contribution is 0.814. The molecule has 7 heteroatoms. The van der Waals surface area contributed by atoms with E-state index < -0.39 is 0 Å². The Labute approximate surface area is 141 Å². The third kappa shape index (κ3) is 3.59. The van der Waals surface area contributed by atoms with Gasteiger partial charge in [0.25, 0.3) is 5.56 Å². The van der Waals surface area contributed by atoms with Crippen molar-refractivity contribution < 1.29 is 0 Å². The number of benzene rings is 1. The zero-order valence-corrected chi connectivity index (χ0v) is 14.8. The van der Waals surface area contributed by atoms with Crippen LogP contribution in [0, 0.1) is 13.8 Å². The van der Waals surface area contributed by atoms with Crippen molar-refractivity contribution in [2.45, 2.75) is 26.8 Å². The average Bonchev–Trinajstić information content (AvgIpc) is 2.32. The van der Waals surface area contributed by atoms with E-state index in [1.807, 2.05) is 6.92 Å². The fraction of sp³-hybridized carbons (Fsp3) is 0.286. The van der Waals surface area contributed by atoms with Gasteiger partial charge in [-0.2, -0.15) is 0 Å². The molecule has 1 aromatic carbocycles. The number of H-pyrrole nitrogens is 1. The molecule has 2 aromatic rings. The Balaban J connectivity index is 2.40. The molecule has 0 saturated carbocycles. The summed E-state index contributed by atoms with van der Waals surface area (Å²) in [5, 5.41) is 4.14. The van der Waals surface area contributed by atoms with Crippen LogP contribution in [0.2, 0.25) is 10.0 Å². The zero-order chi connectivity index (χ0) is 15.7. The molecule has 1 heterocycles. The number of halogens is 3. The third-order valence-corrected chi connectivity index (χ3v) is 4.12. The maximum atomic E-state index is 12.1. The molecule has 0 aliphatic heterocycles. The standard InChI is InChI=1S/C14H14BrCl2N3O/c1-6-12(14(21)20-8(3)18-6)7(2)19-13-10(16)4-9(15)5-11(13)17/h4-5,7,19H,1-3H3,(H,18,20,21). The second kappa shape index (κ2) is 6.38. The normalized spacial score (nSPS) is 12.3. The van der Waals surface area contributed by atoms with Crippen LogP contribution in [0.3, 0.4) is 0 Å². The van der Waals surface area contributed by atoms with Gasteiger partial charge in [-0.1, -0.05) is 39.1 Å². The zero-order valence-electron chi connectivity index (χ0n) is 11.7. The van der Waals surface area contributed by atoms with Gasteiger partial charge in [0.1, 0.15) is 5.82 Å². The van der Waals surface area contributed by atoms with E-state index in [4.69, 9.17) is 23.2 Å². The number of rotatable bonds is 3. The molecule has 1 atom stereocenters. The van der Waals surface area contributed by atoms with Gasteiger partial charge in [-0.25, -0.2) is 4.98 Å². The first-order chi connectivity index (χ1) is 9.79. The number of aryl methyl sites for hydroxylation is 2. The minimum atomic E-state index is -0.280. The molecule has 0 saturated heterocycles. The minimum absolute atomic E-state index is 0.163. The van der Waals surface area contributed by atoms with Crippen LogP contribution in [0.4, 0.5) is 5.69 Å². The molecular weight excluding hydrogens is 377 g/mol. The van der Waals surface area contributed by atoms with Gasteiger partial charge in [0.2, 0.25) is 0 Å². The lowest BCUT2D eigenvalue weighted by Gasteiger charge is -2.19. The maximum Gasteiger partial charge on any atom is 0.256 e. The largest absolute Gasteiger partial charge is 0.376 e. The highest BCUT2D eigenvalue weighted by molar-refractivity contribution is 9.10. The molecule has 0 aliphatic rings. The van der Waals surface area contributed by atoms with E-state index in [9.17, 15) is 4.79 Å². The topological polar surface area (TPSA) is 57.8 Å². The van der Waals surface area contributed by atoms with Gasteiger partial charge in [0.05, 0.1) is 33.0 Å². The van der Waals surface area contributed by atoms with E-state index in [0.717, 1.165) is 4.47 Å². The second-order valence-electron chi connectivity index (χ2n) is 4.76. The summed E-state index contributed by atoms with van der Waals surface area (Å²) < 4.78 is 0.793. The summed E-state index contributed by atoms with van der Waals surface area (Å²) >= 11 is 15.7. The van der Waals surface area contributed by atoms with E-state index in [-0.39, 0.29) is 11.6 Å². The number of nitrogens with one attached hydrogen (secondary N) is 2. The summed E-state index contributed by atoms with van der Waals surface area (Å²) in [5.74, 6) is 0.591. The van der Waals surface area contributed by atoms with Crippen LogP contribution in [-0.2, 0) is 0 Å². The second-order valence-corrected chi connectivity index (χ2v) is 6.49. The number of hydrogen-bond donors (Lipinski definition) is 2. The van der Waals surface area contributed by atoms with Crippen molar-refractivity contribution in [3.05, 3.63) is 54.1 Å². The number of aromatic nitrogens is 2. The monoisotopic (exact) mass is 389 g/mol. The summed E-state index contributed by atoms with van der Waals surface area (Å²) in [5.41, 5.74) is 1.68. The lowest BCUT2D eigenvalue weighted by Crippen LogP contribution is -2.23. The van der Waals surface area contributed by atoms with Crippen LogP contribution < -0.4 is 10.9 Å². The van der Waals surface area contributed by atoms with Gasteiger partial charge in [-0.15, -0.1) is 0 Å². The first-order valence-corrected chi connectivity index (χ1v) is 7.83. The highest BCUT2D eigenvalue weighted by Crippen LogP contribution is 2.35. The first-order valence-electron chi connectivity index (χ1n) is 6.28. The van der Waals surface area contributed by atoms with Gasteiger partial charge in [0, 0.05) is 4.47 Å². The minimum Gasteiger partial charge on any atom is -0.376 e. The Morgan fingerprint density at radius 2 is 1.86 bits per heavy atom. The Morgan fingerprint density at radius 1 is 1.29 bits per heavy atom. The molecule has 1 aromatic heterocycles. The summed E-state index contributed by atoms with van der Waals surface area (Å²) in [7, 11) is 0. The molecule has 0 spiro atoms. The summed E-state index contributed by atoms with van der Waals surface area (Å²) in [6, 6.07) is 3.21. The smallest absolute Gasteiger partial charge is 0.256 e. The number of anilines is 1. The number of aromatic amines is 1. The van der Waals surface area contributed by atoms with Crippen LogP contribution in [0.25, 0.3) is 0 Å². The van der Waals surface area contributed by atoms with Crippen LogP contribution in [0.1, 0.15) is 30.0 Å². The summed E-state index contributed by atoms with van der Waals surface area (Å²) in [6.45, 7) is 5.42. The molecule has 2 N–H and O–H groups in total. The van der Waals surface area contributed by atoms with Gasteiger partial charge in [-0.05, 0) is 32.9 Å². The lowest BCUT2D eigenvalue weighted by atomic mass is 10.1. The van der Waals surface area contributed by atoms with Crippen molar-refractivity contribution in [2.75, 3.05) is 5.32 Å². The molecule has 21 heavy (non-hydrogen) atoms. The van der Waals surface area contributed by atoms with Gasteiger partial charge >= 0.3 is 0 Å². The van der Waals surface area contributed by atoms with Crippen LogP contribution >= 0.6 is 39.1 Å². The molecule has 0 fully saturated rings. The van der Waals surface area contributed by atoms with Crippen molar-refractivity contribution in [2.24, 2.45) is 0 Å². The van der Waals surface area contributed by atoms with Crippen molar-refractivity contribution >= 4 is 44.8 Å². The van der Waals surface area contributed by atoms with Crippen molar-refractivity contribution in [1.29, 1.82) is 0 Å². The molecule has 2 rings (SSSR count). The quantitative estimate of drug-likeness (QED) is 0.803. The van der Waals surface area contributed by atoms with Crippen LogP contribution in [0.5, 0.6) is 0 Å². The summed E-state index contributed by atoms with van der Waals surface area (Å²) in [6.07, 6.45) is 0. The van der Waals surface area contributed by atoms with E-state index >= 15 is 0 Å². The highest BCUT2D eigenvalue weighted by Gasteiger charge is 2.17. The van der Waals surface area contributed by atoms with E-state index in [1.54, 1.807) is 26.0 Å². The van der Waals surface area contributed by atoms with E-state index in [1.165, 1.54) is 0 Å². The third-order valence-electron chi connectivity index (χ3n) is 3.06. The predicted molar refractivity (Wildman–Crippen MR) is 90.5 cm³/mol. The first kappa shape index (κ1) is 16.3. The molecule has 0 aliphatic carbocycles. The predicted octanol–water partition coefficient (Wildman–Crippen LogP) is 4.63. The fourth-order valence-corrected chi connectivity index (χ4v) is 3.53. The molecule has 0 bridgehead atoms. The SMILES string of the molecule is Cc1nc(C)c(C(C)Nc2c(Cl)cc(Br)cc2Cl)c(=O)[nH]1. The molecular formula is C14H14BrCl2N3O. The molecule has 112 valence electrons. The Kier molecular flexibility index (Phi) is 4.96.